The van der Waals surface area contributed by atoms with E-state index in [9.17, 15) is 31.2 Å². The van der Waals surface area contributed by atoms with Crippen LogP contribution in [0.3, 0.4) is 0 Å². The predicted molar refractivity (Wildman–Crippen MR) is 152 cm³/mol. The lowest BCUT2D eigenvalue weighted by Crippen LogP contribution is -2.31. The average Bonchev–Trinajstić information content (AvgIpc) is 3.52. The highest BCUT2D eigenvalue weighted by Crippen LogP contribution is 2.41. The fourth-order valence-electron chi connectivity index (χ4n) is 4.63. The Kier molecular flexibility index (Phi) is 7.36. The number of amides is 1. The molecule has 1 fully saturated rings. The van der Waals surface area contributed by atoms with Gasteiger partial charge in [-0.3, -0.25) is 14.3 Å². The Morgan fingerprint density at radius 3 is 2.51 bits per heavy atom. The summed E-state index contributed by atoms with van der Waals surface area (Å²) in [5.74, 6) is -2.53. The molecule has 13 heteroatoms. The number of alkyl halides is 1. The number of sulfonamides is 1. The largest absolute Gasteiger partial charge is 0.454 e. The predicted octanol–water partition coefficient (Wildman–Crippen LogP) is 5.67. The fraction of sp³-hybridized carbons (Fsp3) is 0.286. The van der Waals surface area contributed by atoms with Crippen LogP contribution < -0.4 is 15.0 Å². The number of benzene rings is 2. The monoisotopic (exact) mass is 605 g/mol. The molecule has 0 spiro atoms. The summed E-state index contributed by atoms with van der Waals surface area (Å²) in [4.78, 5) is 28.0. The molecule has 1 unspecified atom stereocenters. The van der Waals surface area contributed by atoms with Gasteiger partial charge in [0.2, 0.25) is 10.0 Å². The number of thiophene rings is 1. The number of nitrogens with one attached hydrogen (secondary N) is 1. The summed E-state index contributed by atoms with van der Waals surface area (Å²) in [7, 11) is -2.15. The normalized spacial score (nSPS) is 17.3. The number of rotatable bonds is 7. The number of halogens is 3. The molecule has 1 saturated heterocycles. The van der Waals surface area contributed by atoms with E-state index in [1.165, 1.54) is 60.8 Å². The van der Waals surface area contributed by atoms with Gasteiger partial charge in [0.05, 0.1) is 17.2 Å². The van der Waals surface area contributed by atoms with Crippen molar-refractivity contribution >= 4 is 43.0 Å². The van der Waals surface area contributed by atoms with E-state index in [0.29, 0.717) is 17.0 Å². The number of likely N-dealkylation sites (tertiary alicyclic amines) is 1. The van der Waals surface area contributed by atoms with Gasteiger partial charge in [-0.25, -0.2) is 21.6 Å². The van der Waals surface area contributed by atoms with Gasteiger partial charge in [-0.05, 0) is 50.2 Å². The molecule has 0 radical (unpaired) electrons. The van der Waals surface area contributed by atoms with Crippen molar-refractivity contribution in [1.29, 1.82) is 0 Å². The summed E-state index contributed by atoms with van der Waals surface area (Å²) in [5, 5.41) is 0.378. The van der Waals surface area contributed by atoms with Crippen molar-refractivity contribution < 1.29 is 31.1 Å². The number of aryl methyl sites for hydroxylation is 1. The molecule has 0 aliphatic carbocycles. The second-order valence-corrected chi connectivity index (χ2v) is 13.2. The number of anilines is 1. The Morgan fingerprint density at radius 2 is 1.85 bits per heavy atom. The number of hydrogen-bond donors (Lipinski definition) is 1. The number of carbonyl (C=O) groups excluding carboxylic acids is 1. The summed E-state index contributed by atoms with van der Waals surface area (Å²) in [6.07, 6.45) is 1.71. The van der Waals surface area contributed by atoms with Gasteiger partial charge in [0.1, 0.15) is 21.9 Å². The van der Waals surface area contributed by atoms with Crippen molar-refractivity contribution in [2.75, 3.05) is 23.6 Å². The maximum absolute atomic E-state index is 14.5. The summed E-state index contributed by atoms with van der Waals surface area (Å²) < 4.78 is 76.9. The molecule has 216 valence electrons. The van der Waals surface area contributed by atoms with Gasteiger partial charge in [0, 0.05) is 54.5 Å². The maximum atomic E-state index is 14.5. The van der Waals surface area contributed by atoms with Crippen LogP contribution in [0.15, 0.2) is 53.5 Å². The van der Waals surface area contributed by atoms with Crippen LogP contribution in [0.5, 0.6) is 11.5 Å². The minimum Gasteiger partial charge on any atom is -0.454 e. The van der Waals surface area contributed by atoms with Crippen LogP contribution in [0.25, 0.3) is 21.2 Å². The van der Waals surface area contributed by atoms with Crippen molar-refractivity contribution in [2.45, 2.75) is 25.9 Å². The molecule has 41 heavy (non-hydrogen) atoms. The van der Waals surface area contributed by atoms with Crippen LogP contribution in [0.1, 0.15) is 29.9 Å². The van der Waals surface area contributed by atoms with E-state index in [-0.39, 0.29) is 63.1 Å². The van der Waals surface area contributed by atoms with Crippen LogP contribution in [0.2, 0.25) is 0 Å². The van der Waals surface area contributed by atoms with Crippen molar-refractivity contribution in [3.8, 4) is 22.6 Å². The Labute approximate surface area is 238 Å². The first-order valence-corrected chi connectivity index (χ1v) is 15.1. The number of ether oxygens (including phenoxy) is 1. The standard InChI is InChI=1S/C28H26F3N3O5S2/c1-4-41(37,38)32-17-6-8-22(39-23-7-5-16(29)11-21(23)30)18(12-17)20-14-33(3)27(36)25-19(20)13-24(40-25)26(35)34-10-9-28(2,31)15-34/h5-8,11-14,32H,4,9-10,15H2,1-3H3. The molecular formula is C28H26F3N3O5S2. The van der Waals surface area contributed by atoms with E-state index in [1.807, 2.05) is 0 Å². The van der Waals surface area contributed by atoms with Gasteiger partial charge in [0.15, 0.2) is 11.6 Å². The van der Waals surface area contributed by atoms with Crippen molar-refractivity contribution in [3.05, 3.63) is 75.5 Å². The third-order valence-electron chi connectivity index (χ3n) is 6.82. The third kappa shape index (κ3) is 5.82. The molecule has 0 bridgehead atoms. The lowest BCUT2D eigenvalue weighted by molar-refractivity contribution is 0.0765. The highest BCUT2D eigenvalue weighted by molar-refractivity contribution is 7.92. The van der Waals surface area contributed by atoms with E-state index < -0.39 is 33.2 Å². The van der Waals surface area contributed by atoms with Crippen molar-refractivity contribution in [1.82, 2.24) is 9.47 Å². The second-order valence-electron chi connectivity index (χ2n) is 10.1. The van der Waals surface area contributed by atoms with E-state index >= 15 is 0 Å². The minimum atomic E-state index is -3.66. The molecule has 3 heterocycles. The molecule has 1 aliphatic heterocycles. The SMILES string of the molecule is CCS(=O)(=O)Nc1ccc(Oc2ccc(F)cc2F)c(-c2cn(C)c(=O)c3sc(C(=O)N4CCC(C)(F)C4)cc23)c1. The molecule has 8 nitrogen and oxygen atoms in total. The van der Waals surface area contributed by atoms with E-state index in [4.69, 9.17) is 4.74 Å². The second kappa shape index (κ2) is 10.5. The average molecular weight is 606 g/mol. The van der Waals surface area contributed by atoms with Crippen LogP contribution in [-0.4, -0.2) is 48.3 Å². The van der Waals surface area contributed by atoms with Gasteiger partial charge < -0.3 is 14.2 Å². The van der Waals surface area contributed by atoms with E-state index in [2.05, 4.69) is 4.72 Å². The Bertz CT molecular complexity index is 1850. The Hall–Kier alpha value is -3.84. The highest BCUT2D eigenvalue weighted by atomic mass is 32.2. The zero-order valence-corrected chi connectivity index (χ0v) is 24.0. The lowest BCUT2D eigenvalue weighted by atomic mass is 10.0. The molecule has 0 saturated carbocycles. The molecule has 2 aromatic heterocycles. The van der Waals surface area contributed by atoms with Gasteiger partial charge in [-0.1, -0.05) is 0 Å². The molecule has 1 amide bonds. The zero-order chi connectivity index (χ0) is 29.7. The molecule has 1 aliphatic rings. The van der Waals surface area contributed by atoms with Crippen molar-refractivity contribution in [2.24, 2.45) is 7.05 Å². The number of nitrogens with zero attached hydrogens (tertiary/aromatic N) is 2. The molecule has 5 rings (SSSR count). The third-order valence-corrected chi connectivity index (χ3v) is 9.24. The Balaban J connectivity index is 1.68. The summed E-state index contributed by atoms with van der Waals surface area (Å²) in [6.45, 7) is 3.09. The van der Waals surface area contributed by atoms with Gasteiger partial charge in [-0.2, -0.15) is 0 Å². The summed E-state index contributed by atoms with van der Waals surface area (Å²) in [5.41, 5.74) is -1.02. The highest BCUT2D eigenvalue weighted by Gasteiger charge is 2.37. The first-order valence-electron chi connectivity index (χ1n) is 12.7. The number of fused-ring (bicyclic) bond motifs is 1. The number of hydrogen-bond acceptors (Lipinski definition) is 6. The van der Waals surface area contributed by atoms with Crippen LogP contribution in [0, 0.1) is 11.6 Å². The maximum Gasteiger partial charge on any atom is 0.268 e. The van der Waals surface area contributed by atoms with Gasteiger partial charge in [0.25, 0.3) is 11.5 Å². The van der Waals surface area contributed by atoms with Crippen molar-refractivity contribution in [3.63, 3.8) is 0 Å². The van der Waals surface area contributed by atoms with Crippen LogP contribution in [0.4, 0.5) is 18.9 Å². The lowest BCUT2D eigenvalue weighted by Gasteiger charge is -2.16. The fourth-order valence-corrected chi connectivity index (χ4v) is 6.38. The zero-order valence-electron chi connectivity index (χ0n) is 22.3. The number of carbonyl (C=O) groups is 1. The van der Waals surface area contributed by atoms with Gasteiger partial charge >= 0.3 is 0 Å². The molecule has 4 aromatic rings. The number of pyridine rings is 1. The van der Waals surface area contributed by atoms with E-state index in [1.54, 1.807) is 0 Å². The first kappa shape index (κ1) is 28.7. The summed E-state index contributed by atoms with van der Waals surface area (Å²) >= 11 is 0.973. The Morgan fingerprint density at radius 1 is 1.12 bits per heavy atom. The van der Waals surface area contributed by atoms with Crippen LogP contribution in [-0.2, 0) is 17.1 Å². The first-order chi connectivity index (χ1) is 19.3. The molecule has 1 atom stereocenters. The smallest absolute Gasteiger partial charge is 0.268 e. The topological polar surface area (TPSA) is 97.7 Å². The molecular weight excluding hydrogens is 579 g/mol. The van der Waals surface area contributed by atoms with Gasteiger partial charge in [-0.15, -0.1) is 11.3 Å². The van der Waals surface area contributed by atoms with Crippen LogP contribution >= 0.6 is 11.3 Å². The summed E-state index contributed by atoms with van der Waals surface area (Å²) in [6, 6.07) is 8.68. The molecule has 2 aromatic carbocycles. The quantitative estimate of drug-likeness (QED) is 0.293. The number of aromatic nitrogens is 1. The van der Waals surface area contributed by atoms with E-state index in [0.717, 1.165) is 23.5 Å². The molecule has 1 N–H and O–H groups in total. The minimum absolute atomic E-state index is 0.0637.